The number of carbonyl (C=O) groups excluding carboxylic acids is 1. The summed E-state index contributed by atoms with van der Waals surface area (Å²) in [5.41, 5.74) is -0.956. The molecule has 1 unspecified atom stereocenters. The Hall–Kier alpha value is -1.63. The van der Waals surface area contributed by atoms with E-state index in [-0.39, 0.29) is 12.6 Å². The first-order valence-electron chi connectivity index (χ1n) is 4.63. The Labute approximate surface area is 94.1 Å². The normalized spacial score (nSPS) is 12.4. The maximum Gasteiger partial charge on any atom is 0.254 e. The van der Waals surface area contributed by atoms with Crippen molar-refractivity contribution in [2.45, 2.75) is 13.0 Å². The molecule has 0 fully saturated rings. The van der Waals surface area contributed by atoms with Crippen LogP contribution in [-0.2, 0) is 0 Å². The van der Waals surface area contributed by atoms with Crippen molar-refractivity contribution in [3.8, 4) is 0 Å². The van der Waals surface area contributed by atoms with Gasteiger partial charge in [-0.15, -0.1) is 0 Å². The van der Waals surface area contributed by atoms with Crippen molar-refractivity contribution in [1.82, 2.24) is 5.32 Å². The van der Waals surface area contributed by atoms with Crippen molar-refractivity contribution in [2.24, 2.45) is 0 Å². The molecule has 0 radical (unpaired) electrons. The van der Waals surface area contributed by atoms with Crippen molar-refractivity contribution in [1.29, 1.82) is 0 Å². The second kappa shape index (κ2) is 5.13. The Kier molecular flexibility index (Phi) is 4.06. The highest BCUT2D eigenvalue weighted by atomic mass is 19.2. The zero-order valence-corrected chi connectivity index (χ0v) is 8.73. The Balaban J connectivity index is 3.02. The topological polar surface area (TPSA) is 49.3 Å². The average molecular weight is 251 g/mol. The second-order valence-corrected chi connectivity index (χ2v) is 3.41. The number of nitrogens with one attached hydrogen (secondary N) is 1. The number of halogens is 4. The molecule has 17 heavy (non-hydrogen) atoms. The number of aliphatic hydroxyl groups excluding tert-OH is 1. The van der Waals surface area contributed by atoms with Crippen LogP contribution in [0.5, 0.6) is 0 Å². The molecular formula is C10H9F4NO2. The lowest BCUT2D eigenvalue weighted by atomic mass is 10.1. The summed E-state index contributed by atoms with van der Waals surface area (Å²) in [6.45, 7) is 1.13. The van der Waals surface area contributed by atoms with Crippen LogP contribution < -0.4 is 5.32 Å². The molecule has 1 rings (SSSR count). The van der Waals surface area contributed by atoms with E-state index in [9.17, 15) is 22.4 Å². The SMILES string of the molecule is CC(O)CNC(=O)c1cc(F)c(F)c(F)c1F. The molecule has 1 atom stereocenters. The number of hydrogen-bond acceptors (Lipinski definition) is 2. The first-order valence-corrected chi connectivity index (χ1v) is 4.63. The van der Waals surface area contributed by atoms with Gasteiger partial charge < -0.3 is 10.4 Å². The Morgan fingerprint density at radius 1 is 1.29 bits per heavy atom. The fraction of sp³-hybridized carbons (Fsp3) is 0.300. The Morgan fingerprint density at radius 3 is 2.41 bits per heavy atom. The number of carbonyl (C=O) groups is 1. The first kappa shape index (κ1) is 13.4. The molecule has 0 aromatic heterocycles. The molecule has 0 spiro atoms. The predicted molar refractivity (Wildman–Crippen MR) is 50.3 cm³/mol. The highest BCUT2D eigenvalue weighted by Gasteiger charge is 2.22. The van der Waals surface area contributed by atoms with Gasteiger partial charge >= 0.3 is 0 Å². The van der Waals surface area contributed by atoms with Crippen molar-refractivity contribution in [3.63, 3.8) is 0 Å². The highest BCUT2D eigenvalue weighted by molar-refractivity contribution is 5.94. The summed E-state index contributed by atoms with van der Waals surface area (Å²) in [7, 11) is 0. The zero-order valence-electron chi connectivity index (χ0n) is 8.73. The molecule has 0 bridgehead atoms. The van der Waals surface area contributed by atoms with Crippen LogP contribution in [0.15, 0.2) is 6.07 Å². The monoisotopic (exact) mass is 251 g/mol. The fourth-order valence-electron chi connectivity index (χ4n) is 1.07. The van der Waals surface area contributed by atoms with E-state index in [0.717, 1.165) is 0 Å². The fourth-order valence-corrected chi connectivity index (χ4v) is 1.07. The van der Waals surface area contributed by atoms with Crippen LogP contribution in [0.1, 0.15) is 17.3 Å². The molecule has 7 heteroatoms. The zero-order chi connectivity index (χ0) is 13.2. The van der Waals surface area contributed by atoms with E-state index in [0.29, 0.717) is 0 Å². The van der Waals surface area contributed by atoms with E-state index >= 15 is 0 Å². The third-order valence-corrected chi connectivity index (χ3v) is 1.91. The van der Waals surface area contributed by atoms with E-state index < -0.39 is 40.8 Å². The molecule has 0 saturated carbocycles. The van der Waals surface area contributed by atoms with Crippen molar-refractivity contribution >= 4 is 5.91 Å². The van der Waals surface area contributed by atoms with Crippen molar-refractivity contribution < 1.29 is 27.5 Å². The molecule has 0 aliphatic rings. The van der Waals surface area contributed by atoms with E-state index in [1.807, 2.05) is 5.32 Å². The van der Waals surface area contributed by atoms with E-state index in [2.05, 4.69) is 0 Å². The third-order valence-electron chi connectivity index (χ3n) is 1.91. The van der Waals surface area contributed by atoms with Gasteiger partial charge in [-0.25, -0.2) is 17.6 Å². The number of rotatable bonds is 3. The minimum absolute atomic E-state index is 0.223. The minimum atomic E-state index is -2.05. The summed E-state index contributed by atoms with van der Waals surface area (Å²) in [5, 5.41) is 10.9. The van der Waals surface area contributed by atoms with Gasteiger partial charge in [0.15, 0.2) is 23.3 Å². The van der Waals surface area contributed by atoms with E-state index in [1.54, 1.807) is 0 Å². The van der Waals surface area contributed by atoms with Crippen LogP contribution in [0.2, 0.25) is 0 Å². The Morgan fingerprint density at radius 2 is 1.88 bits per heavy atom. The van der Waals surface area contributed by atoms with Crippen LogP contribution in [0, 0.1) is 23.3 Å². The number of benzene rings is 1. The second-order valence-electron chi connectivity index (χ2n) is 3.41. The highest BCUT2D eigenvalue weighted by Crippen LogP contribution is 2.18. The minimum Gasteiger partial charge on any atom is -0.392 e. The lowest BCUT2D eigenvalue weighted by molar-refractivity contribution is 0.0918. The summed E-state index contributed by atoms with van der Waals surface area (Å²) in [6, 6.07) is 0.255. The number of amides is 1. The smallest absolute Gasteiger partial charge is 0.254 e. The molecule has 94 valence electrons. The molecule has 0 aliphatic heterocycles. The van der Waals surface area contributed by atoms with Gasteiger partial charge in [0.2, 0.25) is 0 Å². The summed E-state index contributed by atoms with van der Waals surface area (Å²) >= 11 is 0. The summed E-state index contributed by atoms with van der Waals surface area (Å²) in [4.78, 5) is 11.3. The summed E-state index contributed by atoms with van der Waals surface area (Å²) in [5.74, 6) is -8.60. The van der Waals surface area contributed by atoms with Gasteiger partial charge in [0, 0.05) is 6.54 Å². The molecule has 1 amide bonds. The quantitative estimate of drug-likeness (QED) is 0.484. The van der Waals surface area contributed by atoms with Crippen molar-refractivity contribution in [3.05, 3.63) is 34.9 Å². The van der Waals surface area contributed by atoms with E-state index in [1.165, 1.54) is 6.92 Å². The lowest BCUT2D eigenvalue weighted by Crippen LogP contribution is -2.31. The summed E-state index contributed by atoms with van der Waals surface area (Å²) in [6.07, 6.45) is -0.905. The van der Waals surface area contributed by atoms with Gasteiger partial charge in [0.1, 0.15) is 0 Å². The predicted octanol–water partition coefficient (Wildman–Crippen LogP) is 1.35. The number of aliphatic hydroxyl groups is 1. The van der Waals surface area contributed by atoms with Gasteiger partial charge in [0.05, 0.1) is 11.7 Å². The van der Waals surface area contributed by atoms with Crippen LogP contribution in [-0.4, -0.2) is 23.7 Å². The van der Waals surface area contributed by atoms with Crippen LogP contribution in [0.4, 0.5) is 17.6 Å². The van der Waals surface area contributed by atoms with Gasteiger partial charge in [-0.1, -0.05) is 0 Å². The number of hydrogen-bond donors (Lipinski definition) is 2. The molecule has 0 saturated heterocycles. The molecule has 2 N–H and O–H groups in total. The van der Waals surface area contributed by atoms with E-state index in [4.69, 9.17) is 5.11 Å². The maximum absolute atomic E-state index is 13.1. The largest absolute Gasteiger partial charge is 0.392 e. The molecule has 1 aromatic carbocycles. The maximum atomic E-state index is 13.1. The Bertz CT molecular complexity index is 448. The van der Waals surface area contributed by atoms with Crippen LogP contribution in [0.25, 0.3) is 0 Å². The lowest BCUT2D eigenvalue weighted by Gasteiger charge is -2.08. The average Bonchev–Trinajstić information content (AvgIpc) is 2.28. The molecule has 1 aromatic rings. The van der Waals surface area contributed by atoms with Gasteiger partial charge in [-0.2, -0.15) is 0 Å². The summed E-state index contributed by atoms with van der Waals surface area (Å²) < 4.78 is 51.3. The molecule has 3 nitrogen and oxygen atoms in total. The van der Waals surface area contributed by atoms with Gasteiger partial charge in [-0.3, -0.25) is 4.79 Å². The first-order chi connectivity index (χ1) is 7.84. The molecule has 0 heterocycles. The molecule has 0 aliphatic carbocycles. The van der Waals surface area contributed by atoms with Crippen molar-refractivity contribution in [2.75, 3.05) is 6.54 Å². The van der Waals surface area contributed by atoms with Crippen LogP contribution >= 0.6 is 0 Å². The van der Waals surface area contributed by atoms with Gasteiger partial charge in [-0.05, 0) is 13.0 Å². The molecular weight excluding hydrogens is 242 g/mol. The van der Waals surface area contributed by atoms with Gasteiger partial charge in [0.25, 0.3) is 5.91 Å². The third kappa shape index (κ3) is 2.94. The van der Waals surface area contributed by atoms with Crippen LogP contribution in [0.3, 0.4) is 0 Å². The standard InChI is InChI=1S/C10H9F4NO2/c1-4(16)3-15-10(17)5-2-6(11)8(13)9(14)7(5)12/h2,4,16H,3H2,1H3,(H,15,17).